The molecule has 0 radical (unpaired) electrons. The maximum Gasteiger partial charge on any atom is 0.311 e. The first kappa shape index (κ1) is 27.2. The third-order valence-electron chi connectivity index (χ3n) is 7.24. The number of piperidine rings is 2. The fraction of sp³-hybridized carbons (Fsp3) is 0.414. The van der Waals surface area contributed by atoms with Crippen LogP contribution in [0.1, 0.15) is 43.6 Å². The van der Waals surface area contributed by atoms with Crippen LogP contribution < -0.4 is 14.2 Å². The largest absolute Gasteiger partial charge is 0.490 e. The lowest BCUT2D eigenvalue weighted by molar-refractivity contribution is -0.385. The molecular formula is C29H35N3O6. The minimum Gasteiger partial charge on any atom is -0.490 e. The molecule has 0 saturated carbocycles. The summed E-state index contributed by atoms with van der Waals surface area (Å²) in [4.78, 5) is 27.8. The molecule has 0 aromatic heterocycles. The van der Waals surface area contributed by atoms with Gasteiger partial charge in [-0.1, -0.05) is 25.3 Å². The van der Waals surface area contributed by atoms with Gasteiger partial charge in [0.05, 0.1) is 17.4 Å². The molecule has 2 saturated heterocycles. The zero-order chi connectivity index (χ0) is 26.9. The van der Waals surface area contributed by atoms with Crippen LogP contribution in [0.25, 0.3) is 0 Å². The molecule has 2 aliphatic rings. The number of benzene rings is 2. The molecule has 9 heteroatoms. The first-order chi connectivity index (χ1) is 18.5. The van der Waals surface area contributed by atoms with E-state index in [0.717, 1.165) is 44.5 Å². The Morgan fingerprint density at radius 3 is 2.24 bits per heavy atom. The summed E-state index contributed by atoms with van der Waals surface area (Å²) in [5.41, 5.74) is 1.19. The van der Waals surface area contributed by atoms with Crippen molar-refractivity contribution in [1.29, 1.82) is 0 Å². The highest BCUT2D eigenvalue weighted by Crippen LogP contribution is 2.33. The molecule has 2 aliphatic heterocycles. The Morgan fingerprint density at radius 1 is 0.947 bits per heavy atom. The van der Waals surface area contributed by atoms with E-state index in [2.05, 4.69) is 30.2 Å². The summed E-state index contributed by atoms with van der Waals surface area (Å²) in [7, 11) is 0. The number of rotatable bonds is 11. The first-order valence-electron chi connectivity index (χ1n) is 13.1. The lowest BCUT2D eigenvalue weighted by Crippen LogP contribution is -2.43. The van der Waals surface area contributed by atoms with Crippen molar-refractivity contribution >= 4 is 11.6 Å². The predicted octanol–water partition coefficient (Wildman–Crippen LogP) is 5.28. The van der Waals surface area contributed by atoms with Crippen molar-refractivity contribution in [2.75, 3.05) is 32.7 Å². The quantitative estimate of drug-likeness (QED) is 0.226. The van der Waals surface area contributed by atoms with Crippen LogP contribution in [0.15, 0.2) is 68.1 Å². The SMILES string of the molecule is C=COc1ccc(C2CCN(CCC(=O)N3CCC(Oc4ccc([N+](=O)[O-])c(OC=C)c4)CC3)CC2)cc1. The molecule has 202 valence electrons. The zero-order valence-corrected chi connectivity index (χ0v) is 21.6. The van der Waals surface area contributed by atoms with Gasteiger partial charge in [-0.2, -0.15) is 0 Å². The van der Waals surface area contributed by atoms with Gasteiger partial charge in [-0.05, 0) is 55.6 Å². The molecule has 0 bridgehead atoms. The molecule has 2 aromatic carbocycles. The van der Waals surface area contributed by atoms with Gasteiger partial charge in [0.2, 0.25) is 11.7 Å². The van der Waals surface area contributed by atoms with Crippen molar-refractivity contribution in [2.45, 2.75) is 44.1 Å². The molecular weight excluding hydrogens is 486 g/mol. The minimum atomic E-state index is -0.506. The summed E-state index contributed by atoms with van der Waals surface area (Å²) in [6, 6.07) is 12.7. The number of hydrogen-bond donors (Lipinski definition) is 0. The Bertz CT molecular complexity index is 1120. The van der Waals surface area contributed by atoms with E-state index in [1.165, 1.54) is 24.0 Å². The van der Waals surface area contributed by atoms with Crippen molar-refractivity contribution in [1.82, 2.24) is 9.80 Å². The molecule has 38 heavy (non-hydrogen) atoms. The number of likely N-dealkylation sites (tertiary alicyclic amines) is 2. The Morgan fingerprint density at radius 2 is 1.61 bits per heavy atom. The number of ether oxygens (including phenoxy) is 3. The summed E-state index contributed by atoms with van der Waals surface area (Å²) in [5, 5.41) is 11.2. The highest BCUT2D eigenvalue weighted by Gasteiger charge is 2.26. The third kappa shape index (κ3) is 7.13. The molecule has 2 heterocycles. The van der Waals surface area contributed by atoms with E-state index >= 15 is 0 Å². The fourth-order valence-electron chi connectivity index (χ4n) is 5.13. The van der Waals surface area contributed by atoms with Crippen molar-refractivity contribution in [3.05, 3.63) is 83.8 Å². The number of carbonyl (C=O) groups is 1. The molecule has 0 spiro atoms. The second kappa shape index (κ2) is 13.1. The average molecular weight is 522 g/mol. The van der Waals surface area contributed by atoms with E-state index in [1.54, 1.807) is 6.07 Å². The number of nitro groups is 1. The third-order valence-corrected chi connectivity index (χ3v) is 7.24. The lowest BCUT2D eigenvalue weighted by Gasteiger charge is -2.34. The Labute approximate surface area is 223 Å². The summed E-state index contributed by atoms with van der Waals surface area (Å²) in [5.74, 6) is 2.11. The molecule has 9 nitrogen and oxygen atoms in total. The maximum atomic E-state index is 12.8. The van der Waals surface area contributed by atoms with Crippen molar-refractivity contribution in [3.63, 3.8) is 0 Å². The van der Waals surface area contributed by atoms with E-state index in [-0.39, 0.29) is 23.4 Å². The average Bonchev–Trinajstić information content (AvgIpc) is 2.93. The number of hydrogen-bond acceptors (Lipinski definition) is 7. The van der Waals surface area contributed by atoms with Gasteiger partial charge < -0.3 is 24.0 Å². The molecule has 4 rings (SSSR count). The van der Waals surface area contributed by atoms with Crippen LogP contribution in [0.2, 0.25) is 0 Å². The Hall–Kier alpha value is -3.85. The normalized spacial score (nSPS) is 17.0. The van der Waals surface area contributed by atoms with Crippen molar-refractivity contribution in [3.8, 4) is 17.2 Å². The summed E-state index contributed by atoms with van der Waals surface area (Å²) >= 11 is 0. The molecule has 2 aromatic rings. The molecule has 0 unspecified atom stereocenters. The van der Waals surface area contributed by atoms with Gasteiger partial charge in [0, 0.05) is 51.0 Å². The number of nitrogens with zero attached hydrogens (tertiary/aromatic N) is 3. The topological polar surface area (TPSA) is 94.4 Å². The smallest absolute Gasteiger partial charge is 0.311 e. The number of nitro benzene ring substituents is 1. The van der Waals surface area contributed by atoms with Crippen LogP contribution in [-0.2, 0) is 4.79 Å². The van der Waals surface area contributed by atoms with E-state index in [9.17, 15) is 14.9 Å². The van der Waals surface area contributed by atoms with Crippen molar-refractivity contribution in [2.24, 2.45) is 0 Å². The van der Waals surface area contributed by atoms with Crippen LogP contribution in [0.5, 0.6) is 17.2 Å². The van der Waals surface area contributed by atoms with Crippen LogP contribution in [0.4, 0.5) is 5.69 Å². The second-order valence-electron chi connectivity index (χ2n) is 9.59. The minimum absolute atomic E-state index is 0.0616. The Balaban J connectivity index is 1.17. The summed E-state index contributed by atoms with van der Waals surface area (Å²) in [6.45, 7) is 11.1. The highest BCUT2D eigenvalue weighted by molar-refractivity contribution is 5.76. The maximum absolute atomic E-state index is 12.8. The van der Waals surface area contributed by atoms with E-state index in [4.69, 9.17) is 14.2 Å². The molecule has 0 aliphatic carbocycles. The molecule has 1 amide bonds. The molecule has 0 atom stereocenters. The predicted molar refractivity (Wildman–Crippen MR) is 144 cm³/mol. The van der Waals surface area contributed by atoms with E-state index in [0.29, 0.717) is 44.0 Å². The van der Waals surface area contributed by atoms with Gasteiger partial charge in [0.25, 0.3) is 0 Å². The van der Waals surface area contributed by atoms with Crippen molar-refractivity contribution < 1.29 is 23.9 Å². The number of amides is 1. The van der Waals surface area contributed by atoms with Crippen LogP contribution >= 0.6 is 0 Å². The monoisotopic (exact) mass is 521 g/mol. The lowest BCUT2D eigenvalue weighted by atomic mass is 9.89. The van der Waals surface area contributed by atoms with E-state index < -0.39 is 4.92 Å². The Kier molecular flexibility index (Phi) is 9.37. The fourth-order valence-corrected chi connectivity index (χ4v) is 5.13. The standard InChI is InChI=1S/C29H35N3O6/c1-3-36-24-7-5-22(6-8-24)23-11-16-30(17-12-23)18-15-29(33)31-19-13-25(14-20-31)38-26-9-10-27(32(34)35)28(21-26)37-4-2/h3-10,21,23,25H,1-2,11-20H2. The van der Waals surface area contributed by atoms with Crippen LogP contribution in [0, 0.1) is 10.1 Å². The van der Waals surface area contributed by atoms with Gasteiger partial charge in [-0.3, -0.25) is 14.9 Å². The van der Waals surface area contributed by atoms with Crippen LogP contribution in [-0.4, -0.2) is 59.5 Å². The zero-order valence-electron chi connectivity index (χ0n) is 21.6. The second-order valence-corrected chi connectivity index (χ2v) is 9.59. The van der Waals surface area contributed by atoms with Gasteiger partial charge >= 0.3 is 5.69 Å². The molecule has 2 fully saturated rings. The number of carbonyl (C=O) groups excluding carboxylic acids is 1. The van der Waals surface area contributed by atoms with Gasteiger partial charge in [0.15, 0.2) is 0 Å². The molecule has 0 N–H and O–H groups in total. The van der Waals surface area contributed by atoms with Gasteiger partial charge in [0.1, 0.15) is 17.6 Å². The summed E-state index contributed by atoms with van der Waals surface area (Å²) < 4.78 is 16.5. The van der Waals surface area contributed by atoms with Crippen LogP contribution in [0.3, 0.4) is 0 Å². The van der Waals surface area contributed by atoms with E-state index in [1.807, 2.05) is 17.0 Å². The van der Waals surface area contributed by atoms with Gasteiger partial charge in [-0.25, -0.2) is 0 Å². The highest BCUT2D eigenvalue weighted by atomic mass is 16.6. The first-order valence-corrected chi connectivity index (χ1v) is 13.1. The summed E-state index contributed by atoms with van der Waals surface area (Å²) in [6.07, 6.45) is 6.63. The van der Waals surface area contributed by atoms with Gasteiger partial charge in [-0.15, -0.1) is 0 Å².